The molecule has 33 heavy (non-hydrogen) atoms. The summed E-state index contributed by atoms with van der Waals surface area (Å²) >= 11 is 0. The molecule has 3 heterocycles. The lowest BCUT2D eigenvalue weighted by Crippen LogP contribution is -2.37. The van der Waals surface area contributed by atoms with Crippen molar-refractivity contribution in [1.29, 1.82) is 0 Å². The summed E-state index contributed by atoms with van der Waals surface area (Å²) in [6, 6.07) is 16.0. The van der Waals surface area contributed by atoms with Crippen molar-refractivity contribution in [2.75, 3.05) is 55.6 Å². The number of ether oxygens (including phenoxy) is 2. The first kappa shape index (κ1) is 21.0. The number of nitrogens with one attached hydrogen (secondary N) is 2. The number of aromatic nitrogens is 4. The van der Waals surface area contributed by atoms with E-state index < -0.39 is 0 Å². The Bertz CT molecular complexity index is 1270. The molecule has 0 spiro atoms. The van der Waals surface area contributed by atoms with E-state index in [1.54, 1.807) is 7.11 Å². The van der Waals surface area contributed by atoms with E-state index in [0.29, 0.717) is 30.8 Å². The molecular weight excluding hydrogens is 418 g/mol. The Morgan fingerprint density at radius 2 is 1.88 bits per heavy atom. The highest BCUT2D eigenvalue weighted by atomic mass is 16.5. The SMILES string of the molecule is COc1cccc(N(C)c2nc(N3CCOCC3)c3[nH]c(Nc4cccc(C)c4)nc3n2)c1. The van der Waals surface area contributed by atoms with Crippen LogP contribution in [0.5, 0.6) is 5.75 Å². The lowest BCUT2D eigenvalue weighted by molar-refractivity contribution is 0.122. The summed E-state index contributed by atoms with van der Waals surface area (Å²) in [4.78, 5) is 22.0. The number of morpholine rings is 1. The van der Waals surface area contributed by atoms with Crippen LogP contribution in [0, 0.1) is 6.92 Å². The Morgan fingerprint density at radius 1 is 1.06 bits per heavy atom. The normalized spacial score (nSPS) is 13.8. The maximum Gasteiger partial charge on any atom is 0.233 e. The minimum Gasteiger partial charge on any atom is -0.497 e. The van der Waals surface area contributed by atoms with Crippen molar-refractivity contribution in [3.8, 4) is 5.75 Å². The number of aromatic amines is 1. The maximum atomic E-state index is 5.55. The van der Waals surface area contributed by atoms with Crippen molar-refractivity contribution in [1.82, 2.24) is 19.9 Å². The summed E-state index contributed by atoms with van der Waals surface area (Å²) in [5.74, 6) is 2.78. The third-order valence-corrected chi connectivity index (χ3v) is 5.65. The lowest BCUT2D eigenvalue weighted by Gasteiger charge is -2.29. The van der Waals surface area contributed by atoms with E-state index in [-0.39, 0.29) is 0 Å². The fourth-order valence-electron chi connectivity index (χ4n) is 3.88. The van der Waals surface area contributed by atoms with E-state index in [1.165, 1.54) is 5.56 Å². The second kappa shape index (κ2) is 8.95. The molecule has 1 aliphatic heterocycles. The minimum atomic E-state index is 0.561. The zero-order chi connectivity index (χ0) is 22.8. The molecule has 1 saturated heterocycles. The predicted molar refractivity (Wildman–Crippen MR) is 130 cm³/mol. The van der Waals surface area contributed by atoms with E-state index in [2.05, 4.69) is 34.3 Å². The average molecular weight is 446 g/mol. The minimum absolute atomic E-state index is 0.561. The van der Waals surface area contributed by atoms with Gasteiger partial charge in [0.15, 0.2) is 11.5 Å². The van der Waals surface area contributed by atoms with Crippen molar-refractivity contribution < 1.29 is 9.47 Å². The van der Waals surface area contributed by atoms with Crippen LogP contribution in [0.1, 0.15) is 5.56 Å². The molecule has 2 N–H and O–H groups in total. The molecule has 0 radical (unpaired) electrons. The van der Waals surface area contributed by atoms with Crippen molar-refractivity contribution in [3.63, 3.8) is 0 Å². The van der Waals surface area contributed by atoms with Crippen molar-refractivity contribution >= 4 is 40.3 Å². The zero-order valence-corrected chi connectivity index (χ0v) is 19.0. The van der Waals surface area contributed by atoms with Crippen LogP contribution in [0.3, 0.4) is 0 Å². The second-order valence-electron chi connectivity index (χ2n) is 7.99. The van der Waals surface area contributed by atoms with Gasteiger partial charge in [0.2, 0.25) is 11.9 Å². The first-order valence-electron chi connectivity index (χ1n) is 10.9. The summed E-state index contributed by atoms with van der Waals surface area (Å²) in [5.41, 5.74) is 4.47. The number of anilines is 5. The summed E-state index contributed by atoms with van der Waals surface area (Å²) in [7, 11) is 3.60. The Labute approximate surface area is 192 Å². The number of methoxy groups -OCH3 is 1. The van der Waals surface area contributed by atoms with Gasteiger partial charge in [-0.25, -0.2) is 0 Å². The standard InChI is InChI=1S/C24H27N7O2/c1-16-6-4-7-17(14-16)25-23-26-20-21(27-23)28-24(29-22(20)31-10-12-33-13-11-31)30(2)18-8-5-9-19(15-18)32-3/h4-9,14-15H,10-13H2,1-3H3,(H2,25,26,27,28,29). The third kappa shape index (κ3) is 4.40. The number of H-pyrrole nitrogens is 1. The molecule has 2 aromatic carbocycles. The Hall–Kier alpha value is -3.85. The maximum absolute atomic E-state index is 5.55. The van der Waals surface area contributed by atoms with Gasteiger partial charge in [0.1, 0.15) is 11.3 Å². The van der Waals surface area contributed by atoms with Gasteiger partial charge in [-0.2, -0.15) is 15.0 Å². The van der Waals surface area contributed by atoms with Crippen LogP contribution in [0.4, 0.5) is 29.1 Å². The molecule has 4 aromatic rings. The monoisotopic (exact) mass is 445 g/mol. The molecule has 9 heteroatoms. The quantitative estimate of drug-likeness (QED) is 0.460. The predicted octanol–water partition coefficient (Wildman–Crippen LogP) is 4.02. The van der Waals surface area contributed by atoms with Crippen molar-refractivity contribution in [2.24, 2.45) is 0 Å². The smallest absolute Gasteiger partial charge is 0.233 e. The largest absolute Gasteiger partial charge is 0.497 e. The molecule has 170 valence electrons. The van der Waals surface area contributed by atoms with Gasteiger partial charge in [-0.05, 0) is 36.8 Å². The first-order valence-corrected chi connectivity index (χ1v) is 10.9. The zero-order valence-electron chi connectivity index (χ0n) is 19.0. The van der Waals surface area contributed by atoms with Gasteiger partial charge in [0, 0.05) is 37.6 Å². The summed E-state index contributed by atoms with van der Waals surface area (Å²) in [6.07, 6.45) is 0. The molecule has 0 saturated carbocycles. The van der Waals surface area contributed by atoms with Gasteiger partial charge < -0.3 is 29.6 Å². The van der Waals surface area contributed by atoms with E-state index in [1.807, 2.05) is 48.3 Å². The number of fused-ring (bicyclic) bond motifs is 1. The molecule has 5 rings (SSSR count). The number of benzene rings is 2. The first-order chi connectivity index (χ1) is 16.1. The molecule has 0 aliphatic carbocycles. The van der Waals surface area contributed by atoms with Gasteiger partial charge in [-0.15, -0.1) is 0 Å². The Kier molecular flexibility index (Phi) is 5.70. The Morgan fingerprint density at radius 3 is 2.67 bits per heavy atom. The summed E-state index contributed by atoms with van der Waals surface area (Å²) in [6.45, 7) is 4.90. The fraction of sp³-hybridized carbons (Fsp3) is 0.292. The molecule has 2 aromatic heterocycles. The van der Waals surface area contributed by atoms with Crippen LogP contribution < -0.4 is 19.9 Å². The molecule has 1 fully saturated rings. The molecule has 0 amide bonds. The number of imidazole rings is 1. The van der Waals surface area contributed by atoms with E-state index >= 15 is 0 Å². The number of aryl methyl sites for hydroxylation is 1. The highest BCUT2D eigenvalue weighted by Gasteiger charge is 2.22. The van der Waals surface area contributed by atoms with Gasteiger partial charge in [-0.3, -0.25) is 0 Å². The van der Waals surface area contributed by atoms with Gasteiger partial charge in [0.05, 0.1) is 20.3 Å². The number of rotatable bonds is 6. The molecular formula is C24H27N7O2. The number of hydrogen-bond donors (Lipinski definition) is 2. The third-order valence-electron chi connectivity index (χ3n) is 5.65. The van der Waals surface area contributed by atoms with Gasteiger partial charge in [-0.1, -0.05) is 18.2 Å². The summed E-state index contributed by atoms with van der Waals surface area (Å²) < 4.78 is 10.9. The summed E-state index contributed by atoms with van der Waals surface area (Å²) in [5, 5.41) is 3.35. The van der Waals surface area contributed by atoms with Crippen LogP contribution >= 0.6 is 0 Å². The highest BCUT2D eigenvalue weighted by molar-refractivity contribution is 5.87. The van der Waals surface area contributed by atoms with E-state index in [9.17, 15) is 0 Å². The topological polar surface area (TPSA) is 91.4 Å². The molecule has 9 nitrogen and oxygen atoms in total. The fourth-order valence-corrected chi connectivity index (χ4v) is 3.88. The molecule has 0 unspecified atom stereocenters. The number of hydrogen-bond acceptors (Lipinski definition) is 8. The van der Waals surface area contributed by atoms with Crippen LogP contribution in [-0.2, 0) is 4.74 Å². The molecule has 0 atom stereocenters. The lowest BCUT2D eigenvalue weighted by atomic mass is 10.2. The molecule has 0 bridgehead atoms. The molecule has 1 aliphatic rings. The van der Waals surface area contributed by atoms with Gasteiger partial charge >= 0.3 is 0 Å². The van der Waals surface area contributed by atoms with Crippen LogP contribution in [0.2, 0.25) is 0 Å². The highest BCUT2D eigenvalue weighted by Crippen LogP contribution is 2.31. The average Bonchev–Trinajstić information content (AvgIpc) is 3.25. The second-order valence-corrected chi connectivity index (χ2v) is 7.99. The van der Waals surface area contributed by atoms with Crippen LogP contribution in [-0.4, -0.2) is 60.4 Å². The van der Waals surface area contributed by atoms with Crippen molar-refractivity contribution in [3.05, 3.63) is 54.1 Å². The Balaban J connectivity index is 1.56. The van der Waals surface area contributed by atoms with Crippen LogP contribution in [0.15, 0.2) is 48.5 Å². The van der Waals surface area contributed by atoms with Crippen LogP contribution in [0.25, 0.3) is 11.2 Å². The number of nitrogens with zero attached hydrogens (tertiary/aromatic N) is 5. The van der Waals surface area contributed by atoms with E-state index in [0.717, 1.165) is 41.5 Å². The van der Waals surface area contributed by atoms with E-state index in [4.69, 9.17) is 24.4 Å². The van der Waals surface area contributed by atoms with Gasteiger partial charge in [0.25, 0.3) is 0 Å². The van der Waals surface area contributed by atoms with Crippen molar-refractivity contribution in [2.45, 2.75) is 6.92 Å².